The minimum absolute atomic E-state index is 0.00867. The second kappa shape index (κ2) is 13.2. The molecule has 5 aliphatic heterocycles. The zero-order valence-electron chi connectivity index (χ0n) is 24.5. The van der Waals surface area contributed by atoms with Crippen LogP contribution in [0, 0.1) is 29.6 Å². The van der Waals surface area contributed by atoms with E-state index in [0.29, 0.717) is 26.2 Å². The van der Waals surface area contributed by atoms with Crippen LogP contribution in [0.25, 0.3) is 0 Å². The zero-order valence-corrected chi connectivity index (χ0v) is 26.0. The molecule has 5 fully saturated rings. The third-order valence-electron chi connectivity index (χ3n) is 9.80. The van der Waals surface area contributed by atoms with Crippen molar-refractivity contribution in [2.24, 2.45) is 29.6 Å². The van der Waals surface area contributed by atoms with Gasteiger partial charge in [0.1, 0.15) is 18.0 Å². The number of ether oxygens (including phenoxy) is 2. The maximum absolute atomic E-state index is 13.6. The molecule has 13 unspecified atom stereocenters. The number of carbonyl (C=O) groups excluding carboxylic acids is 2. The van der Waals surface area contributed by atoms with Crippen molar-refractivity contribution in [1.82, 2.24) is 31.5 Å². The largest absolute Gasteiger partial charge is 0.395 e. The van der Waals surface area contributed by atoms with Gasteiger partial charge in [-0.3, -0.25) is 25.5 Å². The van der Waals surface area contributed by atoms with Gasteiger partial charge in [0, 0.05) is 69.0 Å². The summed E-state index contributed by atoms with van der Waals surface area (Å²) < 4.78 is 51.3. The molecule has 5 N–H and O–H groups in total. The van der Waals surface area contributed by atoms with Gasteiger partial charge in [-0.1, -0.05) is 6.92 Å². The van der Waals surface area contributed by atoms with Gasteiger partial charge < -0.3 is 25.0 Å². The molecule has 15 heteroatoms. The Morgan fingerprint density at radius 3 is 2.38 bits per heavy atom. The molecule has 5 aliphatic rings. The number of rotatable bonds is 6. The van der Waals surface area contributed by atoms with Crippen molar-refractivity contribution in [2.45, 2.75) is 86.0 Å². The normalized spacial score (nSPS) is 44.6. The Balaban J connectivity index is 1.16. The van der Waals surface area contributed by atoms with Crippen LogP contribution >= 0.6 is 23.4 Å². The first-order valence-electron chi connectivity index (χ1n) is 14.9. The molecule has 240 valence electrons. The first-order valence-corrected chi connectivity index (χ1v) is 16.3. The summed E-state index contributed by atoms with van der Waals surface area (Å²) in [5.41, 5.74) is -0.287. The first-order chi connectivity index (χ1) is 19.9. The van der Waals surface area contributed by atoms with Gasteiger partial charge in [0.05, 0.1) is 17.9 Å². The molecule has 0 aromatic heterocycles. The molecule has 13 atom stereocenters. The summed E-state index contributed by atoms with van der Waals surface area (Å²) in [5, 5.41) is 16.4. The topological polar surface area (TPSA) is 116 Å². The zero-order chi connectivity index (χ0) is 30.3. The van der Waals surface area contributed by atoms with Crippen molar-refractivity contribution in [1.29, 1.82) is 0 Å². The predicted octanol–water partition coefficient (Wildman–Crippen LogP) is 1.25. The Morgan fingerprint density at radius 2 is 1.71 bits per heavy atom. The van der Waals surface area contributed by atoms with Gasteiger partial charge in [0.25, 0.3) is 0 Å². The second-order valence-corrected chi connectivity index (χ2v) is 14.6. The molecule has 0 aliphatic carbocycles. The van der Waals surface area contributed by atoms with E-state index in [9.17, 15) is 22.8 Å². The maximum Gasteiger partial charge on any atom is 0.395 e. The smallest absolute Gasteiger partial charge is 0.366 e. The lowest BCUT2D eigenvalue weighted by Gasteiger charge is -2.45. The molecule has 5 heterocycles. The lowest BCUT2D eigenvalue weighted by atomic mass is 9.71. The Morgan fingerprint density at radius 1 is 0.976 bits per heavy atom. The number of nitrogens with zero attached hydrogens (tertiary/aromatic N) is 1. The standard InChI is InChI=1S/C27H44ClF3N6O4S/c1-12-5-18(27(29,30)31)24(41-4)35-21(12)25(39)37-10-19-20(11-37)42-26(34-19)36-22(38)17-9-32-13(2)6-15(17)16-7-14(28)8-33-23(16)40-3/h12-21,23-24,26,32-35H,5-11H2,1-4H3,(H,36,38). The molecule has 0 aromatic carbocycles. The molecule has 42 heavy (non-hydrogen) atoms. The fraction of sp³-hybridized carbons (Fsp3) is 0.926. The number of piperidine rings is 3. The molecule has 2 amide bonds. The van der Waals surface area contributed by atoms with Crippen molar-refractivity contribution in [3.8, 4) is 0 Å². The number of halogens is 4. The van der Waals surface area contributed by atoms with Crippen LogP contribution in [0.2, 0.25) is 0 Å². The van der Waals surface area contributed by atoms with Crippen molar-refractivity contribution in [3.05, 3.63) is 0 Å². The lowest BCUT2D eigenvalue weighted by Crippen LogP contribution is -2.61. The molecule has 0 saturated carbocycles. The van der Waals surface area contributed by atoms with Gasteiger partial charge in [-0.05, 0) is 38.0 Å². The van der Waals surface area contributed by atoms with Crippen LogP contribution in [0.15, 0.2) is 0 Å². The summed E-state index contributed by atoms with van der Waals surface area (Å²) in [7, 11) is 2.91. The van der Waals surface area contributed by atoms with Crippen LogP contribution in [0.1, 0.15) is 33.1 Å². The Labute approximate surface area is 254 Å². The highest BCUT2D eigenvalue weighted by Crippen LogP contribution is 2.40. The third-order valence-corrected chi connectivity index (χ3v) is 11.5. The first kappa shape index (κ1) is 32.5. The average Bonchev–Trinajstić information content (AvgIpc) is 3.50. The molecule has 0 radical (unpaired) electrons. The summed E-state index contributed by atoms with van der Waals surface area (Å²) in [6.07, 6.45) is -4.34. The number of hydrogen-bond acceptors (Lipinski definition) is 9. The highest BCUT2D eigenvalue weighted by atomic mass is 35.5. The number of nitrogens with one attached hydrogen (secondary N) is 5. The monoisotopic (exact) mass is 640 g/mol. The summed E-state index contributed by atoms with van der Waals surface area (Å²) in [6, 6.07) is -0.486. The summed E-state index contributed by atoms with van der Waals surface area (Å²) in [6.45, 7) is 5.96. The summed E-state index contributed by atoms with van der Waals surface area (Å²) in [5.74, 6) is -2.38. The average molecular weight is 641 g/mol. The molecule has 0 spiro atoms. The van der Waals surface area contributed by atoms with Crippen molar-refractivity contribution < 1.29 is 32.2 Å². The molecule has 0 bridgehead atoms. The molecule has 0 aromatic rings. The van der Waals surface area contributed by atoms with Gasteiger partial charge in [-0.25, -0.2) is 0 Å². The van der Waals surface area contributed by atoms with Crippen LogP contribution in [0.3, 0.4) is 0 Å². The van der Waals surface area contributed by atoms with Crippen molar-refractivity contribution >= 4 is 35.2 Å². The molecular formula is C27H44ClF3N6O4S. The number of thioether (sulfide) groups is 1. The van der Waals surface area contributed by atoms with Crippen LogP contribution in [0.4, 0.5) is 13.2 Å². The molecular weight excluding hydrogens is 597 g/mol. The van der Waals surface area contributed by atoms with E-state index in [1.807, 2.05) is 0 Å². The van der Waals surface area contributed by atoms with Crippen molar-refractivity contribution in [2.75, 3.05) is 40.4 Å². The molecule has 10 nitrogen and oxygen atoms in total. The number of amides is 2. The molecule has 5 rings (SSSR count). The Bertz CT molecular complexity index is 973. The number of hydrogen-bond donors (Lipinski definition) is 5. The minimum Gasteiger partial charge on any atom is -0.366 e. The van der Waals surface area contributed by atoms with Crippen LogP contribution < -0.4 is 26.6 Å². The quantitative estimate of drug-likeness (QED) is 0.274. The summed E-state index contributed by atoms with van der Waals surface area (Å²) in [4.78, 5) is 28.7. The highest BCUT2D eigenvalue weighted by Gasteiger charge is 2.53. The second-order valence-electron chi connectivity index (χ2n) is 12.6. The maximum atomic E-state index is 13.6. The van der Waals surface area contributed by atoms with E-state index in [1.54, 1.807) is 30.7 Å². The van der Waals surface area contributed by atoms with Crippen LogP contribution in [-0.4, -0.2) is 110 Å². The van der Waals surface area contributed by atoms with E-state index >= 15 is 0 Å². The summed E-state index contributed by atoms with van der Waals surface area (Å²) >= 11 is 8.09. The van der Waals surface area contributed by atoms with Gasteiger partial charge in [-0.2, -0.15) is 13.2 Å². The number of likely N-dealkylation sites (tertiary alicyclic amines) is 1. The number of carbonyl (C=O) groups is 2. The van der Waals surface area contributed by atoms with E-state index in [0.717, 1.165) is 12.8 Å². The highest BCUT2D eigenvalue weighted by molar-refractivity contribution is 8.00. The fourth-order valence-electron chi connectivity index (χ4n) is 7.59. The number of methoxy groups -OCH3 is 2. The fourth-order valence-corrected chi connectivity index (χ4v) is 9.29. The number of fused-ring (bicyclic) bond motifs is 1. The van der Waals surface area contributed by atoms with E-state index in [1.165, 1.54) is 7.11 Å². The third kappa shape index (κ3) is 6.85. The van der Waals surface area contributed by atoms with Crippen LogP contribution in [-0.2, 0) is 19.1 Å². The number of alkyl halides is 4. The van der Waals surface area contributed by atoms with Gasteiger partial charge in [0.15, 0.2) is 0 Å². The van der Waals surface area contributed by atoms with Gasteiger partial charge in [0.2, 0.25) is 11.8 Å². The Hall–Kier alpha value is -0.870. The van der Waals surface area contributed by atoms with Crippen molar-refractivity contribution in [3.63, 3.8) is 0 Å². The van der Waals surface area contributed by atoms with E-state index in [-0.39, 0.29) is 70.4 Å². The lowest BCUT2D eigenvalue weighted by molar-refractivity contribution is -0.224. The van der Waals surface area contributed by atoms with E-state index < -0.39 is 30.3 Å². The van der Waals surface area contributed by atoms with Gasteiger partial charge >= 0.3 is 6.18 Å². The van der Waals surface area contributed by atoms with Gasteiger partial charge in [-0.15, -0.1) is 23.4 Å². The molecule has 5 saturated heterocycles. The Kier molecular flexibility index (Phi) is 10.3. The predicted molar refractivity (Wildman–Crippen MR) is 153 cm³/mol. The van der Waals surface area contributed by atoms with E-state index in [4.69, 9.17) is 21.1 Å². The minimum atomic E-state index is -4.40. The van der Waals surface area contributed by atoms with Crippen LogP contribution in [0.5, 0.6) is 0 Å². The van der Waals surface area contributed by atoms with E-state index in [2.05, 4.69) is 33.5 Å². The SMILES string of the molecule is COC1NCC(Cl)CC1C1CC(C)NCC1C(=O)NC1NC2CN(C(=O)C3NC(OC)C(C(F)(F)F)CC3C)CC2S1.